The quantitative estimate of drug-likeness (QED) is 0.470. The molecule has 1 atom stereocenters. The molecule has 2 heterocycles. The fourth-order valence-electron chi connectivity index (χ4n) is 3.43. The standard InChI is InChI=1S/C24H24N4O3/c1-17(26-24(29)18-6-5-13-25-16-18)23-27-21-7-3-4-8-22(21)28(23)14-15-31-20-11-9-19(30-2)10-12-20/h3-13,16-17H,14-15H2,1-2H3,(H,26,29). The Balaban J connectivity index is 1.51. The van der Waals surface area contributed by atoms with Crippen molar-refractivity contribution in [2.45, 2.75) is 19.5 Å². The molecule has 4 aromatic rings. The van der Waals surface area contributed by atoms with Crippen LogP contribution in [-0.4, -0.2) is 34.2 Å². The van der Waals surface area contributed by atoms with Gasteiger partial charge in [-0.15, -0.1) is 0 Å². The minimum absolute atomic E-state index is 0.186. The highest BCUT2D eigenvalue weighted by Crippen LogP contribution is 2.22. The van der Waals surface area contributed by atoms with Gasteiger partial charge in [-0.2, -0.15) is 0 Å². The molecule has 0 radical (unpaired) electrons. The molecule has 31 heavy (non-hydrogen) atoms. The summed E-state index contributed by atoms with van der Waals surface area (Å²) < 4.78 is 13.2. The lowest BCUT2D eigenvalue weighted by Crippen LogP contribution is -2.29. The van der Waals surface area contributed by atoms with Crippen molar-refractivity contribution in [1.82, 2.24) is 19.9 Å². The molecule has 0 fully saturated rings. The molecule has 158 valence electrons. The van der Waals surface area contributed by atoms with Crippen molar-refractivity contribution in [2.24, 2.45) is 0 Å². The summed E-state index contributed by atoms with van der Waals surface area (Å²) in [5, 5.41) is 3.02. The molecular weight excluding hydrogens is 392 g/mol. The molecule has 4 rings (SSSR count). The molecule has 2 aromatic heterocycles. The van der Waals surface area contributed by atoms with Gasteiger partial charge >= 0.3 is 0 Å². The second-order valence-corrected chi connectivity index (χ2v) is 7.07. The maximum Gasteiger partial charge on any atom is 0.253 e. The highest BCUT2D eigenvalue weighted by molar-refractivity contribution is 5.94. The number of fused-ring (bicyclic) bond motifs is 1. The summed E-state index contributed by atoms with van der Waals surface area (Å²) in [6.07, 6.45) is 3.19. The summed E-state index contributed by atoms with van der Waals surface area (Å²) in [5.74, 6) is 2.14. The lowest BCUT2D eigenvalue weighted by atomic mass is 10.2. The second kappa shape index (κ2) is 9.30. The van der Waals surface area contributed by atoms with Gasteiger partial charge < -0.3 is 19.4 Å². The number of rotatable bonds is 8. The monoisotopic (exact) mass is 416 g/mol. The van der Waals surface area contributed by atoms with Crippen LogP contribution >= 0.6 is 0 Å². The minimum atomic E-state index is -0.291. The molecule has 7 heteroatoms. The maximum atomic E-state index is 12.6. The van der Waals surface area contributed by atoms with E-state index in [-0.39, 0.29) is 11.9 Å². The average Bonchev–Trinajstić information content (AvgIpc) is 3.19. The molecule has 0 saturated carbocycles. The molecule has 2 aromatic carbocycles. The summed E-state index contributed by atoms with van der Waals surface area (Å²) in [6, 6.07) is 18.6. The average molecular weight is 416 g/mol. The Kier molecular flexibility index (Phi) is 6.12. The first kappa shape index (κ1) is 20.4. The zero-order valence-electron chi connectivity index (χ0n) is 17.5. The SMILES string of the molecule is COc1ccc(OCCn2c(C(C)NC(=O)c3cccnc3)nc3ccccc32)cc1. The summed E-state index contributed by atoms with van der Waals surface area (Å²) in [5.41, 5.74) is 2.39. The van der Waals surface area contributed by atoms with Gasteiger partial charge in [-0.1, -0.05) is 12.1 Å². The number of nitrogens with zero attached hydrogens (tertiary/aromatic N) is 3. The molecule has 0 aliphatic heterocycles. The van der Waals surface area contributed by atoms with Crippen molar-refractivity contribution in [1.29, 1.82) is 0 Å². The number of methoxy groups -OCH3 is 1. The van der Waals surface area contributed by atoms with Crippen LogP contribution in [0.15, 0.2) is 73.1 Å². The van der Waals surface area contributed by atoms with E-state index in [1.165, 1.54) is 0 Å². The summed E-state index contributed by atoms with van der Waals surface area (Å²) in [4.78, 5) is 21.4. The zero-order valence-corrected chi connectivity index (χ0v) is 17.5. The fraction of sp³-hybridized carbons (Fsp3) is 0.208. The number of carbonyl (C=O) groups excluding carboxylic acids is 1. The maximum absolute atomic E-state index is 12.6. The first-order valence-corrected chi connectivity index (χ1v) is 10.1. The van der Waals surface area contributed by atoms with Gasteiger partial charge in [0.25, 0.3) is 5.91 Å². The van der Waals surface area contributed by atoms with Crippen molar-refractivity contribution < 1.29 is 14.3 Å². The second-order valence-electron chi connectivity index (χ2n) is 7.07. The number of imidazole rings is 1. The third kappa shape index (κ3) is 4.66. The lowest BCUT2D eigenvalue weighted by Gasteiger charge is -2.17. The number of hydrogen-bond acceptors (Lipinski definition) is 5. The van der Waals surface area contributed by atoms with Gasteiger partial charge in [-0.3, -0.25) is 9.78 Å². The van der Waals surface area contributed by atoms with Gasteiger partial charge in [0.1, 0.15) is 23.9 Å². The third-order valence-corrected chi connectivity index (χ3v) is 4.99. The predicted octanol–water partition coefficient (Wildman–Crippen LogP) is 4.01. The van der Waals surface area contributed by atoms with Crippen LogP contribution < -0.4 is 14.8 Å². The fourth-order valence-corrected chi connectivity index (χ4v) is 3.43. The van der Waals surface area contributed by atoms with Gasteiger partial charge in [-0.25, -0.2) is 4.98 Å². The van der Waals surface area contributed by atoms with E-state index in [1.54, 1.807) is 31.6 Å². The van der Waals surface area contributed by atoms with Gasteiger partial charge in [-0.05, 0) is 55.5 Å². The minimum Gasteiger partial charge on any atom is -0.497 e. The van der Waals surface area contributed by atoms with E-state index in [9.17, 15) is 4.79 Å². The number of aromatic nitrogens is 3. The summed E-state index contributed by atoms with van der Waals surface area (Å²) >= 11 is 0. The van der Waals surface area contributed by atoms with Gasteiger partial charge in [0.05, 0.1) is 36.3 Å². The molecule has 1 unspecified atom stereocenters. The van der Waals surface area contributed by atoms with Crippen LogP contribution in [-0.2, 0) is 6.54 Å². The first-order valence-electron chi connectivity index (χ1n) is 10.1. The zero-order chi connectivity index (χ0) is 21.6. The van der Waals surface area contributed by atoms with Gasteiger partial charge in [0.15, 0.2) is 0 Å². The summed E-state index contributed by atoms with van der Waals surface area (Å²) in [7, 11) is 1.63. The van der Waals surface area contributed by atoms with E-state index in [4.69, 9.17) is 14.5 Å². The number of amides is 1. The Morgan fingerprint density at radius 3 is 2.58 bits per heavy atom. The van der Waals surface area contributed by atoms with Crippen LogP contribution in [0.3, 0.4) is 0 Å². The lowest BCUT2D eigenvalue weighted by molar-refractivity contribution is 0.0937. The molecule has 0 aliphatic carbocycles. The number of pyridine rings is 1. The molecule has 1 amide bonds. The Bertz CT molecular complexity index is 1160. The Labute approximate surface area is 180 Å². The first-order chi connectivity index (χ1) is 15.2. The predicted molar refractivity (Wildman–Crippen MR) is 118 cm³/mol. The van der Waals surface area contributed by atoms with Crippen molar-refractivity contribution in [3.8, 4) is 11.5 Å². The van der Waals surface area contributed by atoms with Crippen molar-refractivity contribution in [3.05, 3.63) is 84.4 Å². The van der Waals surface area contributed by atoms with Crippen molar-refractivity contribution in [2.75, 3.05) is 13.7 Å². The molecular formula is C24H24N4O3. The summed E-state index contributed by atoms with van der Waals surface area (Å²) in [6.45, 7) is 2.98. The van der Waals surface area contributed by atoms with E-state index in [1.807, 2.05) is 55.5 Å². The molecule has 7 nitrogen and oxygen atoms in total. The highest BCUT2D eigenvalue weighted by Gasteiger charge is 2.19. The van der Waals surface area contributed by atoms with Crippen molar-refractivity contribution in [3.63, 3.8) is 0 Å². The van der Waals surface area contributed by atoms with Crippen LogP contribution in [0.5, 0.6) is 11.5 Å². The van der Waals surface area contributed by atoms with Crippen LogP contribution in [0.1, 0.15) is 29.1 Å². The van der Waals surface area contributed by atoms with Crippen LogP contribution in [0.2, 0.25) is 0 Å². The molecule has 0 aliphatic rings. The number of hydrogen-bond donors (Lipinski definition) is 1. The van der Waals surface area contributed by atoms with Gasteiger partial charge in [0, 0.05) is 12.4 Å². The van der Waals surface area contributed by atoms with E-state index < -0.39 is 0 Å². The smallest absolute Gasteiger partial charge is 0.253 e. The highest BCUT2D eigenvalue weighted by atomic mass is 16.5. The largest absolute Gasteiger partial charge is 0.497 e. The number of ether oxygens (including phenoxy) is 2. The Morgan fingerprint density at radius 2 is 1.84 bits per heavy atom. The number of para-hydroxylation sites is 2. The van der Waals surface area contributed by atoms with Crippen LogP contribution in [0.4, 0.5) is 0 Å². The molecule has 1 N–H and O–H groups in total. The van der Waals surface area contributed by atoms with E-state index >= 15 is 0 Å². The van der Waals surface area contributed by atoms with Crippen LogP contribution in [0, 0.1) is 0 Å². The van der Waals surface area contributed by atoms with Crippen LogP contribution in [0.25, 0.3) is 11.0 Å². The van der Waals surface area contributed by atoms with E-state index in [0.717, 1.165) is 28.4 Å². The Morgan fingerprint density at radius 1 is 1.06 bits per heavy atom. The third-order valence-electron chi connectivity index (χ3n) is 4.99. The number of nitrogens with one attached hydrogen (secondary N) is 1. The van der Waals surface area contributed by atoms with Gasteiger partial charge in [0.2, 0.25) is 0 Å². The number of carbonyl (C=O) groups is 1. The topological polar surface area (TPSA) is 78.3 Å². The van der Waals surface area contributed by atoms with E-state index in [2.05, 4.69) is 14.9 Å². The molecule has 0 bridgehead atoms. The van der Waals surface area contributed by atoms with Crippen molar-refractivity contribution >= 4 is 16.9 Å². The molecule has 0 spiro atoms. The number of benzene rings is 2. The van der Waals surface area contributed by atoms with E-state index in [0.29, 0.717) is 18.7 Å². The normalized spacial score (nSPS) is 11.8. The molecule has 0 saturated heterocycles. The Hall–Kier alpha value is -3.87.